The molecule has 0 spiro atoms. The molecule has 3 nitrogen and oxygen atoms in total. The summed E-state index contributed by atoms with van der Waals surface area (Å²) in [5, 5.41) is 0. The van der Waals surface area contributed by atoms with Crippen molar-refractivity contribution < 1.29 is 0 Å². The predicted molar refractivity (Wildman–Crippen MR) is 69.2 cm³/mol. The van der Waals surface area contributed by atoms with Gasteiger partial charge in [0.05, 0.1) is 12.0 Å². The summed E-state index contributed by atoms with van der Waals surface area (Å²) in [7, 11) is 0. The second kappa shape index (κ2) is 4.63. The molecule has 0 bridgehead atoms. The second-order valence-electron chi connectivity index (χ2n) is 6.17. The van der Waals surface area contributed by atoms with Gasteiger partial charge in [0.1, 0.15) is 0 Å². The van der Waals surface area contributed by atoms with Gasteiger partial charge in [-0.25, -0.2) is 4.98 Å². The van der Waals surface area contributed by atoms with Gasteiger partial charge in [0, 0.05) is 18.0 Å². The van der Waals surface area contributed by atoms with Crippen LogP contribution in [0.25, 0.3) is 0 Å². The van der Waals surface area contributed by atoms with E-state index in [9.17, 15) is 4.79 Å². The van der Waals surface area contributed by atoms with Crippen molar-refractivity contribution in [1.29, 1.82) is 0 Å². The van der Waals surface area contributed by atoms with E-state index in [0.717, 1.165) is 12.2 Å². The first-order chi connectivity index (χ1) is 7.97. The maximum Gasteiger partial charge on any atom is 0.253 e. The number of aromatic nitrogens is 2. The topological polar surface area (TPSA) is 34.9 Å². The molecule has 0 atom stereocenters. The van der Waals surface area contributed by atoms with Crippen molar-refractivity contribution in [3.05, 3.63) is 28.4 Å². The number of nitrogens with zero attached hydrogens (tertiary/aromatic N) is 2. The lowest BCUT2D eigenvalue weighted by Gasteiger charge is -2.18. The highest BCUT2D eigenvalue weighted by Crippen LogP contribution is 2.25. The molecule has 94 valence electrons. The van der Waals surface area contributed by atoms with E-state index in [1.807, 2.05) is 0 Å². The van der Waals surface area contributed by atoms with Crippen molar-refractivity contribution in [2.75, 3.05) is 0 Å². The Labute approximate surface area is 103 Å². The Kier molecular flexibility index (Phi) is 3.36. The van der Waals surface area contributed by atoms with Gasteiger partial charge in [-0.3, -0.25) is 9.36 Å². The molecule has 0 unspecified atom stereocenters. The van der Waals surface area contributed by atoms with Crippen LogP contribution in [0.5, 0.6) is 0 Å². The van der Waals surface area contributed by atoms with Crippen LogP contribution in [0.4, 0.5) is 0 Å². The fourth-order valence-electron chi connectivity index (χ4n) is 2.44. The van der Waals surface area contributed by atoms with Crippen LogP contribution >= 0.6 is 0 Å². The van der Waals surface area contributed by atoms with Gasteiger partial charge in [-0.05, 0) is 18.8 Å². The van der Waals surface area contributed by atoms with Gasteiger partial charge in [-0.1, -0.05) is 33.6 Å². The van der Waals surface area contributed by atoms with Crippen LogP contribution in [0.1, 0.15) is 52.1 Å². The van der Waals surface area contributed by atoms with E-state index in [1.165, 1.54) is 25.7 Å². The van der Waals surface area contributed by atoms with Crippen molar-refractivity contribution in [2.45, 2.75) is 58.4 Å². The molecule has 0 aromatic carbocycles. The zero-order valence-corrected chi connectivity index (χ0v) is 11.1. The van der Waals surface area contributed by atoms with Gasteiger partial charge in [0.15, 0.2) is 0 Å². The van der Waals surface area contributed by atoms with E-state index < -0.39 is 0 Å². The lowest BCUT2D eigenvalue weighted by Crippen LogP contribution is -2.26. The van der Waals surface area contributed by atoms with Gasteiger partial charge in [-0.2, -0.15) is 0 Å². The molecule has 1 aliphatic carbocycles. The molecule has 0 N–H and O–H groups in total. The minimum atomic E-state index is -0.0500. The van der Waals surface area contributed by atoms with Crippen LogP contribution in [0.3, 0.4) is 0 Å². The normalized spacial score (nSPS) is 17.6. The van der Waals surface area contributed by atoms with Crippen molar-refractivity contribution in [3.63, 3.8) is 0 Å². The highest BCUT2D eigenvalue weighted by Gasteiger charge is 2.18. The lowest BCUT2D eigenvalue weighted by molar-refractivity contribution is 0.441. The van der Waals surface area contributed by atoms with Crippen LogP contribution in [-0.2, 0) is 12.0 Å². The third-order valence-corrected chi connectivity index (χ3v) is 3.58. The summed E-state index contributed by atoms with van der Waals surface area (Å²) in [6.07, 6.45) is 6.86. The van der Waals surface area contributed by atoms with Crippen LogP contribution in [0, 0.1) is 5.92 Å². The first kappa shape index (κ1) is 12.3. The van der Waals surface area contributed by atoms with Gasteiger partial charge in [-0.15, -0.1) is 0 Å². The molecule has 0 saturated heterocycles. The second-order valence-corrected chi connectivity index (χ2v) is 6.17. The summed E-state index contributed by atoms with van der Waals surface area (Å²) in [6.45, 7) is 7.08. The van der Waals surface area contributed by atoms with Gasteiger partial charge < -0.3 is 0 Å². The smallest absolute Gasteiger partial charge is 0.253 e. The third-order valence-electron chi connectivity index (χ3n) is 3.58. The van der Waals surface area contributed by atoms with E-state index in [4.69, 9.17) is 0 Å². The van der Waals surface area contributed by atoms with Crippen LogP contribution in [-0.4, -0.2) is 9.55 Å². The summed E-state index contributed by atoms with van der Waals surface area (Å²) < 4.78 is 1.77. The molecule has 3 heteroatoms. The molecule has 1 aliphatic rings. The average molecular weight is 234 g/mol. The van der Waals surface area contributed by atoms with E-state index in [-0.39, 0.29) is 11.0 Å². The average Bonchev–Trinajstić information content (AvgIpc) is 2.72. The first-order valence-corrected chi connectivity index (χ1v) is 6.54. The Morgan fingerprint density at radius 1 is 1.35 bits per heavy atom. The molecular weight excluding hydrogens is 212 g/mol. The standard InChI is InChI=1S/C14H22N2O/c1-14(2,3)12-8-13(17)16(10-15-12)9-11-6-4-5-7-11/h8,10-11H,4-7,9H2,1-3H3. The number of rotatable bonds is 2. The Hall–Kier alpha value is -1.12. The molecule has 1 aromatic rings. The van der Waals surface area contributed by atoms with Gasteiger partial charge >= 0.3 is 0 Å². The summed E-state index contributed by atoms with van der Waals surface area (Å²) in [5.41, 5.74) is 0.924. The summed E-state index contributed by atoms with van der Waals surface area (Å²) >= 11 is 0. The van der Waals surface area contributed by atoms with Gasteiger partial charge in [0.2, 0.25) is 0 Å². The third kappa shape index (κ3) is 2.96. The molecule has 1 fully saturated rings. The molecule has 0 radical (unpaired) electrons. The minimum absolute atomic E-state index is 0.0500. The fraction of sp³-hybridized carbons (Fsp3) is 0.714. The molecule has 2 rings (SSSR count). The number of hydrogen-bond donors (Lipinski definition) is 0. The minimum Gasteiger partial charge on any atom is -0.299 e. The lowest BCUT2D eigenvalue weighted by atomic mass is 9.92. The SMILES string of the molecule is CC(C)(C)c1cc(=O)n(CC2CCCC2)cn1. The van der Waals surface area contributed by atoms with Crippen molar-refractivity contribution in [1.82, 2.24) is 9.55 Å². The summed E-state index contributed by atoms with van der Waals surface area (Å²) in [6, 6.07) is 1.69. The van der Waals surface area contributed by atoms with Gasteiger partial charge in [0.25, 0.3) is 5.56 Å². The van der Waals surface area contributed by atoms with Crippen molar-refractivity contribution in [3.8, 4) is 0 Å². The molecule has 17 heavy (non-hydrogen) atoms. The quantitative estimate of drug-likeness (QED) is 0.788. The zero-order valence-electron chi connectivity index (χ0n) is 11.1. The largest absolute Gasteiger partial charge is 0.299 e. The van der Waals surface area contributed by atoms with E-state index in [0.29, 0.717) is 5.92 Å². The van der Waals surface area contributed by atoms with Crippen LogP contribution < -0.4 is 5.56 Å². The van der Waals surface area contributed by atoms with Crippen molar-refractivity contribution >= 4 is 0 Å². The molecular formula is C14H22N2O. The fourth-order valence-corrected chi connectivity index (χ4v) is 2.44. The first-order valence-electron chi connectivity index (χ1n) is 6.54. The highest BCUT2D eigenvalue weighted by atomic mass is 16.1. The maximum atomic E-state index is 12.0. The van der Waals surface area contributed by atoms with E-state index in [2.05, 4.69) is 25.8 Å². The van der Waals surface area contributed by atoms with Crippen LogP contribution in [0.2, 0.25) is 0 Å². The summed E-state index contributed by atoms with van der Waals surface area (Å²) in [5.74, 6) is 0.676. The maximum absolute atomic E-state index is 12.0. The Morgan fingerprint density at radius 2 is 2.00 bits per heavy atom. The Bertz CT molecular complexity index is 436. The summed E-state index contributed by atoms with van der Waals surface area (Å²) in [4.78, 5) is 16.4. The van der Waals surface area contributed by atoms with E-state index in [1.54, 1.807) is 17.0 Å². The van der Waals surface area contributed by atoms with Crippen LogP contribution in [0.15, 0.2) is 17.2 Å². The molecule has 1 saturated carbocycles. The Balaban J connectivity index is 2.17. The van der Waals surface area contributed by atoms with E-state index >= 15 is 0 Å². The predicted octanol–water partition coefficient (Wildman–Crippen LogP) is 2.73. The molecule has 0 aliphatic heterocycles. The highest BCUT2D eigenvalue weighted by molar-refractivity contribution is 5.10. The number of hydrogen-bond acceptors (Lipinski definition) is 2. The monoisotopic (exact) mass is 234 g/mol. The molecule has 0 amide bonds. The molecule has 1 heterocycles. The Morgan fingerprint density at radius 3 is 2.53 bits per heavy atom. The van der Waals surface area contributed by atoms with Crippen molar-refractivity contribution in [2.24, 2.45) is 5.92 Å². The zero-order chi connectivity index (χ0) is 12.5. The molecule has 1 aromatic heterocycles.